The molecule has 3 rings (SSSR count). The first-order chi connectivity index (χ1) is 13.0. The topological polar surface area (TPSA) is 99.2 Å². The lowest BCUT2D eigenvalue weighted by Crippen LogP contribution is -2.42. The highest BCUT2D eigenvalue weighted by atomic mass is 16.5. The third kappa shape index (κ3) is 4.44. The van der Waals surface area contributed by atoms with Crippen molar-refractivity contribution in [1.29, 1.82) is 0 Å². The maximum Gasteiger partial charge on any atom is 0.220 e. The van der Waals surface area contributed by atoms with Gasteiger partial charge in [-0.1, -0.05) is 26.0 Å². The number of benzene rings is 1. The molecule has 0 spiro atoms. The van der Waals surface area contributed by atoms with Gasteiger partial charge >= 0.3 is 0 Å². The monoisotopic (exact) mass is 372 g/mol. The number of hydrogen-bond acceptors (Lipinski definition) is 6. The van der Waals surface area contributed by atoms with Gasteiger partial charge in [-0.15, -0.1) is 5.10 Å². The van der Waals surface area contributed by atoms with Gasteiger partial charge in [0.15, 0.2) is 5.82 Å². The molecule has 2 aromatic rings. The van der Waals surface area contributed by atoms with Crippen molar-refractivity contribution < 1.29 is 9.53 Å². The molecule has 1 atom stereocenters. The summed E-state index contributed by atoms with van der Waals surface area (Å²) in [6.45, 7) is 6.61. The Labute approximate surface area is 159 Å². The molecular weight excluding hydrogens is 344 g/mol. The average molecular weight is 372 g/mol. The summed E-state index contributed by atoms with van der Waals surface area (Å²) < 4.78 is 7.08. The Kier molecular flexibility index (Phi) is 6.05. The van der Waals surface area contributed by atoms with Crippen LogP contribution >= 0.6 is 0 Å². The number of likely N-dealkylation sites (tertiary alicyclic amines) is 1. The van der Waals surface area contributed by atoms with Crippen LogP contribution in [0.4, 0.5) is 0 Å². The largest absolute Gasteiger partial charge is 0.497 e. The van der Waals surface area contributed by atoms with Crippen LogP contribution in [0.1, 0.15) is 44.1 Å². The zero-order valence-corrected chi connectivity index (χ0v) is 16.2. The second-order valence-electron chi connectivity index (χ2n) is 7.44. The molecule has 0 radical (unpaired) electrons. The molecule has 0 bridgehead atoms. The molecule has 1 amide bonds. The first-order valence-corrected chi connectivity index (χ1v) is 9.42. The van der Waals surface area contributed by atoms with Crippen molar-refractivity contribution in [1.82, 2.24) is 25.1 Å². The molecule has 8 nitrogen and oxygen atoms in total. The highest BCUT2D eigenvalue weighted by Crippen LogP contribution is 2.31. The summed E-state index contributed by atoms with van der Waals surface area (Å²) in [6.07, 6.45) is 1.58. The van der Waals surface area contributed by atoms with Gasteiger partial charge in [0.2, 0.25) is 5.91 Å². The van der Waals surface area contributed by atoms with Gasteiger partial charge in [-0.25, -0.2) is 4.68 Å². The highest BCUT2D eigenvalue weighted by Gasteiger charge is 2.33. The fourth-order valence-corrected chi connectivity index (χ4v) is 3.79. The van der Waals surface area contributed by atoms with E-state index < -0.39 is 0 Å². The number of rotatable bonds is 7. The number of nitrogens with two attached hydrogens (primary N) is 1. The number of carbonyl (C=O) groups excluding carboxylic acids is 1. The molecule has 27 heavy (non-hydrogen) atoms. The van der Waals surface area contributed by atoms with Crippen molar-refractivity contribution in [3.05, 3.63) is 35.7 Å². The number of primary amides is 1. The maximum absolute atomic E-state index is 11.5. The van der Waals surface area contributed by atoms with Gasteiger partial charge in [0.1, 0.15) is 5.75 Å². The van der Waals surface area contributed by atoms with Crippen LogP contribution in [-0.4, -0.2) is 51.2 Å². The van der Waals surface area contributed by atoms with Gasteiger partial charge < -0.3 is 10.5 Å². The molecule has 1 saturated heterocycles. The Hall–Kier alpha value is -2.48. The van der Waals surface area contributed by atoms with Gasteiger partial charge in [0.25, 0.3) is 0 Å². The average Bonchev–Trinajstić information content (AvgIpc) is 3.10. The van der Waals surface area contributed by atoms with Crippen molar-refractivity contribution in [3.8, 4) is 5.75 Å². The summed E-state index contributed by atoms with van der Waals surface area (Å²) in [6, 6.07) is 8.02. The summed E-state index contributed by atoms with van der Waals surface area (Å²) in [5, 5.41) is 12.5. The van der Waals surface area contributed by atoms with Crippen LogP contribution in [-0.2, 0) is 11.3 Å². The first-order valence-electron chi connectivity index (χ1n) is 9.42. The highest BCUT2D eigenvalue weighted by molar-refractivity contribution is 5.76. The van der Waals surface area contributed by atoms with Crippen LogP contribution in [0, 0.1) is 11.8 Å². The number of nitrogens with zero attached hydrogens (tertiary/aromatic N) is 5. The minimum Gasteiger partial charge on any atom is -0.497 e. The van der Waals surface area contributed by atoms with Crippen LogP contribution < -0.4 is 10.5 Å². The van der Waals surface area contributed by atoms with Crippen LogP contribution in [0.25, 0.3) is 0 Å². The zero-order valence-electron chi connectivity index (χ0n) is 16.2. The summed E-state index contributed by atoms with van der Waals surface area (Å²) in [4.78, 5) is 13.8. The third-order valence-corrected chi connectivity index (χ3v) is 5.27. The van der Waals surface area contributed by atoms with E-state index in [1.165, 1.54) is 0 Å². The fraction of sp³-hybridized carbons (Fsp3) is 0.579. The summed E-state index contributed by atoms with van der Waals surface area (Å²) in [7, 11) is 1.66. The van der Waals surface area contributed by atoms with E-state index in [1.54, 1.807) is 7.11 Å². The number of carbonyl (C=O) groups is 1. The molecule has 0 aliphatic carbocycles. The van der Waals surface area contributed by atoms with Gasteiger partial charge in [-0.2, -0.15) is 0 Å². The van der Waals surface area contributed by atoms with E-state index in [2.05, 4.69) is 34.3 Å². The Morgan fingerprint density at radius 1 is 1.26 bits per heavy atom. The number of aromatic nitrogens is 4. The van der Waals surface area contributed by atoms with Gasteiger partial charge in [-0.3, -0.25) is 9.69 Å². The molecular formula is C19H28N6O2. The smallest absolute Gasteiger partial charge is 0.220 e. The standard InChI is InChI=1S/C19H28N6O2/c1-13(2)17(24-10-8-15(9-11-24)18(20)26)19-21-22-23-25(19)12-14-4-6-16(27-3)7-5-14/h4-7,13,15,17H,8-12H2,1-3H3,(H2,20,26)/t17-/m1/s1. The van der Waals surface area contributed by atoms with E-state index in [1.807, 2.05) is 28.9 Å². The lowest BCUT2D eigenvalue weighted by atomic mass is 9.92. The van der Waals surface area contributed by atoms with E-state index in [-0.39, 0.29) is 17.9 Å². The van der Waals surface area contributed by atoms with Crippen molar-refractivity contribution >= 4 is 5.91 Å². The van der Waals surface area contributed by atoms with Crippen molar-refractivity contribution in [3.63, 3.8) is 0 Å². The maximum atomic E-state index is 11.5. The van der Waals surface area contributed by atoms with E-state index in [4.69, 9.17) is 10.5 Å². The number of hydrogen-bond donors (Lipinski definition) is 1. The van der Waals surface area contributed by atoms with Gasteiger partial charge in [0.05, 0.1) is 19.7 Å². The predicted molar refractivity (Wildman–Crippen MR) is 101 cm³/mol. The molecule has 1 aliphatic rings. The zero-order chi connectivity index (χ0) is 19.4. The minimum absolute atomic E-state index is 0.0237. The molecule has 1 aromatic heterocycles. The quantitative estimate of drug-likeness (QED) is 0.793. The fourth-order valence-electron chi connectivity index (χ4n) is 3.79. The molecule has 1 fully saturated rings. The molecule has 0 unspecified atom stereocenters. The van der Waals surface area contributed by atoms with Crippen molar-refractivity contribution in [2.75, 3.05) is 20.2 Å². The second-order valence-corrected chi connectivity index (χ2v) is 7.44. The summed E-state index contributed by atoms with van der Waals surface area (Å²) in [5.41, 5.74) is 6.58. The Morgan fingerprint density at radius 2 is 1.93 bits per heavy atom. The van der Waals surface area contributed by atoms with Crippen molar-refractivity contribution in [2.24, 2.45) is 17.6 Å². The number of piperidine rings is 1. The molecule has 0 saturated carbocycles. The molecule has 1 aliphatic heterocycles. The Morgan fingerprint density at radius 3 is 2.48 bits per heavy atom. The summed E-state index contributed by atoms with van der Waals surface area (Å²) in [5.74, 6) is 1.81. The SMILES string of the molecule is COc1ccc(Cn2nnnc2[C@@H](C(C)C)N2CCC(C(N)=O)CC2)cc1. The van der Waals surface area contributed by atoms with Gasteiger partial charge in [0, 0.05) is 5.92 Å². The first kappa shape index (κ1) is 19.3. The molecule has 1 aromatic carbocycles. The van der Waals surface area contributed by atoms with E-state index in [0.29, 0.717) is 12.5 Å². The van der Waals surface area contributed by atoms with Crippen molar-refractivity contribution in [2.45, 2.75) is 39.3 Å². The van der Waals surface area contributed by atoms with Crippen LogP contribution in [0.15, 0.2) is 24.3 Å². The Bertz CT molecular complexity index is 750. The van der Waals surface area contributed by atoms with E-state index in [9.17, 15) is 4.79 Å². The number of ether oxygens (including phenoxy) is 1. The number of tetrazole rings is 1. The van der Waals surface area contributed by atoms with E-state index in [0.717, 1.165) is 43.1 Å². The minimum atomic E-state index is -0.194. The molecule has 146 valence electrons. The Balaban J connectivity index is 1.77. The van der Waals surface area contributed by atoms with Crippen LogP contribution in [0.5, 0.6) is 5.75 Å². The number of methoxy groups -OCH3 is 1. The molecule has 2 N–H and O–H groups in total. The van der Waals surface area contributed by atoms with Crippen LogP contribution in [0.2, 0.25) is 0 Å². The lowest BCUT2D eigenvalue weighted by Gasteiger charge is -2.38. The second kappa shape index (κ2) is 8.47. The number of amides is 1. The molecule has 2 heterocycles. The lowest BCUT2D eigenvalue weighted by molar-refractivity contribution is -0.123. The molecule has 8 heteroatoms. The van der Waals surface area contributed by atoms with Crippen LogP contribution in [0.3, 0.4) is 0 Å². The van der Waals surface area contributed by atoms with Gasteiger partial charge in [-0.05, 0) is 60.0 Å². The predicted octanol–water partition coefficient (Wildman–Crippen LogP) is 1.62. The summed E-state index contributed by atoms with van der Waals surface area (Å²) >= 11 is 0. The van der Waals surface area contributed by atoms with E-state index >= 15 is 0 Å². The third-order valence-electron chi connectivity index (χ3n) is 5.27. The normalized spacial score (nSPS) is 17.2.